The van der Waals surface area contributed by atoms with Gasteiger partial charge in [0.25, 0.3) is 0 Å². The molecule has 8 nitrogen and oxygen atoms in total. The fraction of sp³-hybridized carbons (Fsp3) is 0.115. The van der Waals surface area contributed by atoms with Gasteiger partial charge in [-0.1, -0.05) is 12.1 Å². The number of nitrogens with zero attached hydrogens (tertiary/aromatic N) is 5. The topological polar surface area (TPSA) is 108 Å². The normalized spacial score (nSPS) is 11.5. The number of imidazole rings is 1. The molecule has 0 aliphatic rings. The molecular weight excluding hydrogens is 424 g/mol. The second kappa shape index (κ2) is 8.08. The summed E-state index contributed by atoms with van der Waals surface area (Å²) in [5.74, 6) is 0.678. The van der Waals surface area contributed by atoms with E-state index < -0.39 is 0 Å². The maximum Gasteiger partial charge on any atom is 0.159 e. The van der Waals surface area contributed by atoms with E-state index in [2.05, 4.69) is 67.5 Å². The standard InChI is InChI=1S/C26H22N8/c1-15(2)30-18-9-17(11-27-12-18)16-6-7-22-19(10-16)25(34-33-22)26-31-23-14-28-13-20(24(23)32-26)21-5-3-4-8-29-21/h3-15,30H,1-2H3,(H,31,32)(H,33,34). The molecule has 1 aromatic carbocycles. The van der Waals surface area contributed by atoms with Crippen molar-refractivity contribution in [3.63, 3.8) is 0 Å². The Labute approximate surface area is 195 Å². The third-order valence-corrected chi connectivity index (χ3v) is 5.65. The minimum absolute atomic E-state index is 0.332. The summed E-state index contributed by atoms with van der Waals surface area (Å²) in [6, 6.07) is 14.5. The first-order chi connectivity index (χ1) is 16.7. The van der Waals surface area contributed by atoms with Gasteiger partial charge in [-0.15, -0.1) is 0 Å². The lowest BCUT2D eigenvalue weighted by atomic mass is 10.0. The van der Waals surface area contributed by atoms with E-state index in [0.717, 1.165) is 55.7 Å². The number of pyridine rings is 3. The maximum absolute atomic E-state index is 4.89. The number of hydrogen-bond acceptors (Lipinski definition) is 6. The molecule has 0 saturated heterocycles. The Morgan fingerprint density at radius 1 is 0.882 bits per heavy atom. The van der Waals surface area contributed by atoms with Crippen molar-refractivity contribution in [3.8, 4) is 33.9 Å². The summed E-state index contributed by atoms with van der Waals surface area (Å²) in [6.07, 6.45) is 9.05. The third-order valence-electron chi connectivity index (χ3n) is 5.65. The average Bonchev–Trinajstić information content (AvgIpc) is 3.48. The largest absolute Gasteiger partial charge is 0.382 e. The predicted molar refractivity (Wildman–Crippen MR) is 134 cm³/mol. The van der Waals surface area contributed by atoms with Crippen LogP contribution in [0.1, 0.15) is 13.8 Å². The molecule has 166 valence electrons. The van der Waals surface area contributed by atoms with Gasteiger partial charge in [-0.2, -0.15) is 5.10 Å². The van der Waals surface area contributed by atoms with Crippen molar-refractivity contribution in [3.05, 3.63) is 73.4 Å². The van der Waals surface area contributed by atoms with Crippen molar-refractivity contribution in [1.82, 2.24) is 35.1 Å². The zero-order valence-electron chi connectivity index (χ0n) is 18.7. The summed E-state index contributed by atoms with van der Waals surface area (Å²) in [5, 5.41) is 12.1. The first-order valence-corrected chi connectivity index (χ1v) is 11.1. The highest BCUT2D eigenvalue weighted by Gasteiger charge is 2.16. The van der Waals surface area contributed by atoms with Crippen LogP contribution >= 0.6 is 0 Å². The molecule has 6 rings (SSSR count). The monoisotopic (exact) mass is 446 g/mol. The number of aromatic amines is 2. The van der Waals surface area contributed by atoms with Gasteiger partial charge in [-0.3, -0.25) is 20.1 Å². The molecule has 8 heteroatoms. The molecule has 0 aliphatic heterocycles. The molecule has 5 heterocycles. The summed E-state index contributed by atoms with van der Waals surface area (Å²) < 4.78 is 0. The van der Waals surface area contributed by atoms with Crippen LogP contribution in [0, 0.1) is 0 Å². The molecule has 6 aromatic rings. The fourth-order valence-corrected chi connectivity index (χ4v) is 4.14. The maximum atomic E-state index is 4.89. The predicted octanol–water partition coefficient (Wildman–Crippen LogP) is 5.45. The Balaban J connectivity index is 1.45. The highest BCUT2D eigenvalue weighted by molar-refractivity contribution is 5.97. The Bertz CT molecular complexity index is 1610. The Kier molecular flexibility index (Phi) is 4.76. The zero-order valence-corrected chi connectivity index (χ0v) is 18.7. The molecule has 0 bridgehead atoms. The second-order valence-electron chi connectivity index (χ2n) is 8.48. The van der Waals surface area contributed by atoms with Gasteiger partial charge in [-0.25, -0.2) is 4.98 Å². The van der Waals surface area contributed by atoms with Gasteiger partial charge in [0.2, 0.25) is 0 Å². The molecule has 0 aliphatic carbocycles. The number of hydrogen-bond donors (Lipinski definition) is 3. The van der Waals surface area contributed by atoms with Crippen LogP contribution < -0.4 is 5.32 Å². The average molecular weight is 447 g/mol. The number of aromatic nitrogens is 7. The smallest absolute Gasteiger partial charge is 0.159 e. The Morgan fingerprint density at radius 3 is 2.65 bits per heavy atom. The first kappa shape index (κ1) is 20.0. The molecule has 0 saturated carbocycles. The summed E-state index contributed by atoms with van der Waals surface area (Å²) in [5.41, 5.74) is 8.13. The van der Waals surface area contributed by atoms with Crippen molar-refractivity contribution in [1.29, 1.82) is 0 Å². The van der Waals surface area contributed by atoms with Crippen molar-refractivity contribution >= 4 is 27.6 Å². The van der Waals surface area contributed by atoms with Crippen LogP contribution in [-0.2, 0) is 0 Å². The number of fused-ring (bicyclic) bond motifs is 2. The van der Waals surface area contributed by atoms with Crippen LogP contribution in [0.25, 0.3) is 55.8 Å². The molecule has 34 heavy (non-hydrogen) atoms. The SMILES string of the molecule is CC(C)Nc1cncc(-c2ccc3[nH]nc(-c4nc5c(-c6ccccn6)cncc5[nH]4)c3c2)c1. The Morgan fingerprint density at radius 2 is 1.79 bits per heavy atom. The molecular formula is C26H22N8. The number of benzene rings is 1. The lowest BCUT2D eigenvalue weighted by Gasteiger charge is -2.11. The van der Waals surface area contributed by atoms with Crippen LogP contribution in [0.15, 0.2) is 73.4 Å². The molecule has 0 amide bonds. The highest BCUT2D eigenvalue weighted by Crippen LogP contribution is 2.32. The van der Waals surface area contributed by atoms with E-state index in [1.165, 1.54) is 0 Å². The summed E-state index contributed by atoms with van der Waals surface area (Å²) >= 11 is 0. The van der Waals surface area contributed by atoms with Gasteiger partial charge in [0.05, 0.1) is 28.6 Å². The molecule has 3 N–H and O–H groups in total. The van der Waals surface area contributed by atoms with E-state index in [1.54, 1.807) is 18.6 Å². The van der Waals surface area contributed by atoms with Crippen LogP contribution in [0.4, 0.5) is 5.69 Å². The van der Waals surface area contributed by atoms with Crippen LogP contribution in [0.5, 0.6) is 0 Å². The van der Waals surface area contributed by atoms with Crippen LogP contribution in [-0.4, -0.2) is 41.2 Å². The van der Waals surface area contributed by atoms with Gasteiger partial charge in [0.1, 0.15) is 11.2 Å². The second-order valence-corrected chi connectivity index (χ2v) is 8.48. The van der Waals surface area contributed by atoms with E-state index in [-0.39, 0.29) is 0 Å². The molecule has 0 fully saturated rings. The van der Waals surface area contributed by atoms with Crippen molar-refractivity contribution in [2.45, 2.75) is 19.9 Å². The lowest BCUT2D eigenvalue weighted by Crippen LogP contribution is -2.09. The molecule has 0 atom stereocenters. The summed E-state index contributed by atoms with van der Waals surface area (Å²) in [6.45, 7) is 4.22. The third kappa shape index (κ3) is 3.55. The van der Waals surface area contributed by atoms with Crippen molar-refractivity contribution in [2.75, 3.05) is 5.32 Å². The van der Waals surface area contributed by atoms with Crippen molar-refractivity contribution < 1.29 is 0 Å². The van der Waals surface area contributed by atoms with Gasteiger partial charge in [-0.05, 0) is 49.7 Å². The van der Waals surface area contributed by atoms with Gasteiger partial charge in [0, 0.05) is 47.3 Å². The van der Waals surface area contributed by atoms with Gasteiger partial charge >= 0.3 is 0 Å². The minimum atomic E-state index is 0.332. The lowest BCUT2D eigenvalue weighted by molar-refractivity contribution is 0.898. The molecule has 5 aromatic heterocycles. The number of rotatable bonds is 5. The summed E-state index contributed by atoms with van der Waals surface area (Å²) in [7, 11) is 0. The first-order valence-electron chi connectivity index (χ1n) is 11.1. The van der Waals surface area contributed by atoms with E-state index in [4.69, 9.17) is 4.98 Å². The van der Waals surface area contributed by atoms with E-state index in [0.29, 0.717) is 11.9 Å². The molecule has 0 spiro atoms. The van der Waals surface area contributed by atoms with E-state index >= 15 is 0 Å². The molecule has 0 radical (unpaired) electrons. The highest BCUT2D eigenvalue weighted by atomic mass is 15.1. The quantitative estimate of drug-likeness (QED) is 0.325. The van der Waals surface area contributed by atoms with Gasteiger partial charge in [0.15, 0.2) is 5.82 Å². The van der Waals surface area contributed by atoms with E-state index in [1.807, 2.05) is 36.7 Å². The van der Waals surface area contributed by atoms with Crippen molar-refractivity contribution in [2.24, 2.45) is 0 Å². The van der Waals surface area contributed by atoms with Gasteiger partial charge < -0.3 is 10.3 Å². The zero-order chi connectivity index (χ0) is 23.1. The minimum Gasteiger partial charge on any atom is -0.382 e. The Hall–Kier alpha value is -4.59. The number of anilines is 1. The number of nitrogens with one attached hydrogen (secondary N) is 3. The summed E-state index contributed by atoms with van der Waals surface area (Å²) in [4.78, 5) is 21.5. The molecule has 0 unspecified atom stereocenters. The van der Waals surface area contributed by atoms with E-state index in [9.17, 15) is 0 Å². The van der Waals surface area contributed by atoms with Crippen LogP contribution in [0.2, 0.25) is 0 Å². The van der Waals surface area contributed by atoms with Crippen LogP contribution in [0.3, 0.4) is 0 Å². The number of H-pyrrole nitrogens is 2. The fourth-order valence-electron chi connectivity index (χ4n) is 4.14.